The number of aliphatic carboxylic acids is 1. The molecule has 0 spiro atoms. The molecule has 2 aromatic rings. The van der Waals surface area contributed by atoms with Gasteiger partial charge in [0.25, 0.3) is 5.91 Å². The number of furan rings is 1. The molecular formula is C13H14N2O4. The van der Waals surface area contributed by atoms with Gasteiger partial charge in [0.1, 0.15) is 11.6 Å². The van der Waals surface area contributed by atoms with E-state index in [0.717, 1.165) is 5.69 Å². The Bertz CT molecular complexity index is 633. The van der Waals surface area contributed by atoms with Gasteiger partial charge < -0.3 is 14.8 Å². The van der Waals surface area contributed by atoms with Gasteiger partial charge in [-0.25, -0.2) is 9.78 Å². The predicted octanol–water partition coefficient (Wildman–Crippen LogP) is 1.73. The number of amides is 1. The molecule has 0 aromatic carbocycles. The van der Waals surface area contributed by atoms with E-state index < -0.39 is 17.9 Å². The molecule has 0 aliphatic carbocycles. The third kappa shape index (κ3) is 2.73. The van der Waals surface area contributed by atoms with E-state index in [1.807, 2.05) is 6.92 Å². The third-order valence-corrected chi connectivity index (χ3v) is 2.75. The van der Waals surface area contributed by atoms with Gasteiger partial charge in [0.05, 0.1) is 0 Å². The van der Waals surface area contributed by atoms with Crippen molar-refractivity contribution in [3.63, 3.8) is 0 Å². The maximum absolute atomic E-state index is 11.9. The van der Waals surface area contributed by atoms with Crippen LogP contribution >= 0.6 is 0 Å². The quantitative estimate of drug-likeness (QED) is 0.875. The van der Waals surface area contributed by atoms with Crippen LogP contribution in [-0.4, -0.2) is 28.0 Å². The number of aryl methyl sites for hydroxylation is 1. The highest BCUT2D eigenvalue weighted by molar-refractivity contribution is 5.97. The standard InChI is InChI=1S/C13H14N2O4/c1-3-8(13(17)18)15-12(16)11-6-9-10(19-11)5-4-7(2)14-9/h4-6,8H,3H2,1-2H3,(H,15,16)(H,17,18). The SMILES string of the molecule is CCC(NC(=O)c1cc2nc(C)ccc2o1)C(=O)O. The zero-order valence-electron chi connectivity index (χ0n) is 10.6. The lowest BCUT2D eigenvalue weighted by Crippen LogP contribution is -2.40. The van der Waals surface area contributed by atoms with Gasteiger partial charge in [0, 0.05) is 11.8 Å². The van der Waals surface area contributed by atoms with E-state index in [2.05, 4.69) is 10.3 Å². The van der Waals surface area contributed by atoms with E-state index >= 15 is 0 Å². The van der Waals surface area contributed by atoms with Crippen LogP contribution in [0.4, 0.5) is 0 Å². The molecule has 19 heavy (non-hydrogen) atoms. The van der Waals surface area contributed by atoms with E-state index in [1.165, 1.54) is 6.07 Å². The highest BCUT2D eigenvalue weighted by Crippen LogP contribution is 2.17. The third-order valence-electron chi connectivity index (χ3n) is 2.75. The first kappa shape index (κ1) is 13.1. The predicted molar refractivity (Wildman–Crippen MR) is 67.9 cm³/mol. The fourth-order valence-corrected chi connectivity index (χ4v) is 1.71. The van der Waals surface area contributed by atoms with Crippen LogP contribution in [0.5, 0.6) is 0 Å². The molecule has 6 nitrogen and oxygen atoms in total. The van der Waals surface area contributed by atoms with E-state index in [9.17, 15) is 9.59 Å². The van der Waals surface area contributed by atoms with Crippen LogP contribution in [-0.2, 0) is 4.79 Å². The van der Waals surface area contributed by atoms with Crippen LogP contribution in [0, 0.1) is 6.92 Å². The molecule has 2 heterocycles. The largest absolute Gasteiger partial charge is 0.480 e. The molecule has 1 amide bonds. The Morgan fingerprint density at radius 1 is 1.47 bits per heavy atom. The average molecular weight is 262 g/mol. The van der Waals surface area contributed by atoms with Gasteiger partial charge in [-0.3, -0.25) is 4.79 Å². The summed E-state index contributed by atoms with van der Waals surface area (Å²) < 4.78 is 5.34. The van der Waals surface area contributed by atoms with Crippen LogP contribution < -0.4 is 5.32 Å². The first-order chi connectivity index (χ1) is 9.01. The second-order valence-corrected chi connectivity index (χ2v) is 4.22. The lowest BCUT2D eigenvalue weighted by molar-refractivity contribution is -0.139. The van der Waals surface area contributed by atoms with Crippen LogP contribution in [0.15, 0.2) is 22.6 Å². The minimum absolute atomic E-state index is 0.0628. The summed E-state index contributed by atoms with van der Waals surface area (Å²) in [4.78, 5) is 27.0. The Labute approximate surface area is 109 Å². The Balaban J connectivity index is 2.24. The highest BCUT2D eigenvalue weighted by atomic mass is 16.4. The lowest BCUT2D eigenvalue weighted by Gasteiger charge is -2.10. The molecule has 100 valence electrons. The number of nitrogens with zero attached hydrogens (tertiary/aromatic N) is 1. The van der Waals surface area contributed by atoms with Gasteiger partial charge in [-0.1, -0.05) is 6.92 Å². The van der Waals surface area contributed by atoms with Crippen molar-refractivity contribution in [2.75, 3.05) is 0 Å². The molecule has 6 heteroatoms. The van der Waals surface area contributed by atoms with E-state index in [4.69, 9.17) is 9.52 Å². The maximum atomic E-state index is 11.9. The molecule has 2 aromatic heterocycles. The number of carboxylic acid groups (broad SMARTS) is 1. The summed E-state index contributed by atoms with van der Waals surface area (Å²) in [7, 11) is 0. The zero-order valence-corrected chi connectivity index (χ0v) is 10.6. The molecule has 0 bridgehead atoms. The van der Waals surface area contributed by atoms with Crippen molar-refractivity contribution in [1.29, 1.82) is 0 Å². The average Bonchev–Trinajstić information content (AvgIpc) is 2.78. The molecule has 1 unspecified atom stereocenters. The molecular weight excluding hydrogens is 248 g/mol. The molecule has 0 saturated carbocycles. The number of carbonyl (C=O) groups is 2. The highest BCUT2D eigenvalue weighted by Gasteiger charge is 2.21. The Morgan fingerprint density at radius 3 is 2.84 bits per heavy atom. The normalized spacial score (nSPS) is 12.3. The molecule has 0 radical (unpaired) electrons. The zero-order chi connectivity index (χ0) is 14.0. The van der Waals surface area contributed by atoms with Crippen LogP contribution in [0.3, 0.4) is 0 Å². The number of carbonyl (C=O) groups excluding carboxylic acids is 1. The van der Waals surface area contributed by atoms with Gasteiger partial charge in [-0.15, -0.1) is 0 Å². The molecule has 0 fully saturated rings. The van der Waals surface area contributed by atoms with Crippen LogP contribution in [0.2, 0.25) is 0 Å². The van der Waals surface area contributed by atoms with E-state index in [0.29, 0.717) is 17.5 Å². The monoisotopic (exact) mass is 262 g/mol. The first-order valence-corrected chi connectivity index (χ1v) is 5.92. The van der Waals surface area contributed by atoms with E-state index in [1.54, 1.807) is 19.1 Å². The number of hydrogen-bond acceptors (Lipinski definition) is 4. The van der Waals surface area contributed by atoms with Crippen LogP contribution in [0.1, 0.15) is 29.6 Å². The molecule has 2 rings (SSSR count). The van der Waals surface area contributed by atoms with Gasteiger partial charge in [0.2, 0.25) is 0 Å². The Hall–Kier alpha value is -2.37. The summed E-state index contributed by atoms with van der Waals surface area (Å²) in [6.45, 7) is 3.52. The first-order valence-electron chi connectivity index (χ1n) is 5.92. The summed E-state index contributed by atoms with van der Waals surface area (Å²) in [5, 5.41) is 11.3. The van der Waals surface area contributed by atoms with Crippen LogP contribution in [0.25, 0.3) is 11.1 Å². The second-order valence-electron chi connectivity index (χ2n) is 4.22. The number of rotatable bonds is 4. The number of carboxylic acids is 1. The molecule has 0 aliphatic rings. The van der Waals surface area contributed by atoms with Crippen molar-refractivity contribution in [2.45, 2.75) is 26.3 Å². The number of pyridine rings is 1. The van der Waals surface area contributed by atoms with Gasteiger partial charge in [-0.05, 0) is 25.5 Å². The Morgan fingerprint density at radius 2 is 2.21 bits per heavy atom. The maximum Gasteiger partial charge on any atom is 0.326 e. The van der Waals surface area contributed by atoms with E-state index in [-0.39, 0.29) is 5.76 Å². The van der Waals surface area contributed by atoms with Crippen molar-refractivity contribution in [3.8, 4) is 0 Å². The minimum Gasteiger partial charge on any atom is -0.480 e. The molecule has 0 aliphatic heterocycles. The second kappa shape index (κ2) is 5.09. The number of aromatic nitrogens is 1. The smallest absolute Gasteiger partial charge is 0.326 e. The number of fused-ring (bicyclic) bond motifs is 1. The fraction of sp³-hybridized carbons (Fsp3) is 0.308. The van der Waals surface area contributed by atoms with Gasteiger partial charge in [0.15, 0.2) is 11.3 Å². The summed E-state index contributed by atoms with van der Waals surface area (Å²) in [5.41, 5.74) is 1.89. The lowest BCUT2D eigenvalue weighted by atomic mass is 10.2. The van der Waals surface area contributed by atoms with Gasteiger partial charge >= 0.3 is 5.97 Å². The van der Waals surface area contributed by atoms with Crippen molar-refractivity contribution in [1.82, 2.24) is 10.3 Å². The fourth-order valence-electron chi connectivity index (χ4n) is 1.71. The number of hydrogen-bond donors (Lipinski definition) is 2. The summed E-state index contributed by atoms with van der Waals surface area (Å²) in [5.74, 6) is -1.56. The van der Waals surface area contributed by atoms with Crippen molar-refractivity contribution in [2.24, 2.45) is 0 Å². The van der Waals surface area contributed by atoms with Crippen molar-refractivity contribution < 1.29 is 19.1 Å². The molecule has 0 saturated heterocycles. The topological polar surface area (TPSA) is 92.4 Å². The number of nitrogens with one attached hydrogen (secondary N) is 1. The van der Waals surface area contributed by atoms with Crippen molar-refractivity contribution >= 4 is 23.0 Å². The molecule has 2 N–H and O–H groups in total. The summed E-state index contributed by atoms with van der Waals surface area (Å²) in [6, 6.07) is 4.09. The Kier molecular flexibility index (Phi) is 3.50. The van der Waals surface area contributed by atoms with Gasteiger partial charge in [-0.2, -0.15) is 0 Å². The minimum atomic E-state index is -1.07. The summed E-state index contributed by atoms with van der Waals surface area (Å²) >= 11 is 0. The molecule has 1 atom stereocenters. The van der Waals surface area contributed by atoms with Crippen molar-refractivity contribution in [3.05, 3.63) is 29.7 Å². The summed E-state index contributed by atoms with van der Waals surface area (Å²) in [6.07, 6.45) is 0.304.